The fourth-order valence-electron chi connectivity index (χ4n) is 1.62. The molecule has 0 aliphatic rings. The molecule has 0 atom stereocenters. The highest BCUT2D eigenvalue weighted by Crippen LogP contribution is 2.12. The van der Waals surface area contributed by atoms with Gasteiger partial charge < -0.3 is 15.5 Å². The average molecular weight is 297 g/mol. The van der Waals surface area contributed by atoms with E-state index >= 15 is 0 Å². The molecule has 0 aliphatic heterocycles. The molecule has 1 aromatic carbocycles. The Balaban J connectivity index is 0.00000200. The van der Waals surface area contributed by atoms with E-state index < -0.39 is 17.1 Å². The lowest BCUT2D eigenvalue weighted by molar-refractivity contribution is 0.0942. The monoisotopic (exact) mass is 296 g/mol. The molecule has 0 bridgehead atoms. The van der Waals surface area contributed by atoms with Crippen molar-refractivity contribution in [2.24, 2.45) is 5.73 Å². The minimum atomic E-state index is -0.647. The Hall–Kier alpha value is -1.85. The van der Waals surface area contributed by atoms with Crippen molar-refractivity contribution in [2.75, 3.05) is 6.54 Å². The van der Waals surface area contributed by atoms with E-state index in [1.54, 1.807) is 32.0 Å². The summed E-state index contributed by atoms with van der Waals surface area (Å²) in [5.41, 5.74) is 5.04. The van der Waals surface area contributed by atoms with Crippen LogP contribution >= 0.6 is 12.4 Å². The summed E-state index contributed by atoms with van der Waals surface area (Å²) in [6.07, 6.45) is 0. The van der Waals surface area contributed by atoms with Gasteiger partial charge >= 0.3 is 5.63 Å². The van der Waals surface area contributed by atoms with Crippen LogP contribution in [0.1, 0.15) is 24.2 Å². The van der Waals surface area contributed by atoms with E-state index in [9.17, 15) is 9.59 Å². The van der Waals surface area contributed by atoms with Crippen LogP contribution in [0.25, 0.3) is 11.0 Å². The van der Waals surface area contributed by atoms with E-state index in [1.807, 2.05) is 6.07 Å². The number of fused-ring (bicyclic) bond motifs is 1. The molecule has 0 aliphatic carbocycles. The minimum Gasteiger partial charge on any atom is -0.422 e. The zero-order chi connectivity index (χ0) is 14.0. The Morgan fingerprint density at radius 3 is 2.65 bits per heavy atom. The number of nitrogens with one attached hydrogen (secondary N) is 1. The van der Waals surface area contributed by atoms with E-state index in [4.69, 9.17) is 10.2 Å². The van der Waals surface area contributed by atoms with Crippen LogP contribution in [-0.4, -0.2) is 18.0 Å². The van der Waals surface area contributed by atoms with Gasteiger partial charge in [0.05, 0.1) is 0 Å². The number of benzene rings is 1. The number of rotatable bonds is 3. The van der Waals surface area contributed by atoms with Crippen LogP contribution < -0.4 is 16.7 Å². The third kappa shape index (κ3) is 3.82. The molecule has 0 saturated heterocycles. The number of hydrogen-bond acceptors (Lipinski definition) is 4. The van der Waals surface area contributed by atoms with E-state index in [0.29, 0.717) is 11.0 Å². The molecule has 6 heteroatoms. The van der Waals surface area contributed by atoms with Gasteiger partial charge in [-0.15, -0.1) is 12.4 Å². The van der Waals surface area contributed by atoms with Crippen molar-refractivity contribution < 1.29 is 9.21 Å². The highest BCUT2D eigenvalue weighted by atomic mass is 35.5. The fraction of sp³-hybridized carbons (Fsp3) is 0.286. The molecule has 20 heavy (non-hydrogen) atoms. The van der Waals surface area contributed by atoms with Gasteiger partial charge in [0.2, 0.25) is 0 Å². The lowest BCUT2D eigenvalue weighted by Gasteiger charge is -2.18. The molecular formula is C14H17ClN2O3. The van der Waals surface area contributed by atoms with Gasteiger partial charge in [0, 0.05) is 17.5 Å². The van der Waals surface area contributed by atoms with Crippen LogP contribution in [0.15, 0.2) is 39.5 Å². The van der Waals surface area contributed by atoms with Gasteiger partial charge in [0.1, 0.15) is 11.1 Å². The zero-order valence-corrected chi connectivity index (χ0v) is 12.1. The molecule has 1 aromatic heterocycles. The van der Waals surface area contributed by atoms with Crippen molar-refractivity contribution >= 4 is 29.3 Å². The molecule has 0 fully saturated rings. The normalized spacial score (nSPS) is 10.9. The van der Waals surface area contributed by atoms with Crippen LogP contribution in [0.5, 0.6) is 0 Å². The van der Waals surface area contributed by atoms with Crippen LogP contribution in [0.3, 0.4) is 0 Å². The van der Waals surface area contributed by atoms with E-state index in [-0.39, 0.29) is 24.5 Å². The van der Waals surface area contributed by atoms with Crippen molar-refractivity contribution in [3.63, 3.8) is 0 Å². The second-order valence-corrected chi connectivity index (χ2v) is 5.16. The third-order valence-electron chi connectivity index (χ3n) is 2.59. The van der Waals surface area contributed by atoms with E-state index in [2.05, 4.69) is 5.32 Å². The summed E-state index contributed by atoms with van der Waals surface area (Å²) in [7, 11) is 0. The summed E-state index contributed by atoms with van der Waals surface area (Å²) < 4.78 is 5.10. The first-order valence-electron chi connectivity index (χ1n) is 5.97. The number of amides is 1. The molecule has 0 radical (unpaired) electrons. The maximum absolute atomic E-state index is 11.9. The zero-order valence-electron chi connectivity index (χ0n) is 11.3. The number of halogens is 1. The third-order valence-corrected chi connectivity index (χ3v) is 2.59. The SMILES string of the molecule is CC(C)(N)CNC(=O)c1cc2ccccc2oc1=O.Cl. The summed E-state index contributed by atoms with van der Waals surface area (Å²) in [6, 6.07) is 8.57. The molecule has 1 heterocycles. The fourth-order valence-corrected chi connectivity index (χ4v) is 1.62. The minimum absolute atomic E-state index is 0. The highest BCUT2D eigenvalue weighted by Gasteiger charge is 2.17. The van der Waals surface area contributed by atoms with Gasteiger partial charge in [-0.2, -0.15) is 0 Å². The molecule has 2 aromatic rings. The van der Waals surface area contributed by atoms with Crippen molar-refractivity contribution in [1.82, 2.24) is 5.32 Å². The quantitative estimate of drug-likeness (QED) is 0.844. The Morgan fingerprint density at radius 1 is 1.35 bits per heavy atom. The first-order chi connectivity index (χ1) is 8.87. The predicted octanol–water partition coefficient (Wildman–Crippen LogP) is 1.68. The molecule has 0 unspecified atom stereocenters. The molecule has 5 nitrogen and oxygen atoms in total. The van der Waals surface area contributed by atoms with Gasteiger partial charge in [-0.3, -0.25) is 4.79 Å². The van der Waals surface area contributed by atoms with Crippen LogP contribution in [0.2, 0.25) is 0 Å². The summed E-state index contributed by atoms with van der Waals surface area (Å²) >= 11 is 0. The Morgan fingerprint density at radius 2 is 2.00 bits per heavy atom. The second-order valence-electron chi connectivity index (χ2n) is 5.16. The Kier molecular flexibility index (Phi) is 4.92. The summed E-state index contributed by atoms with van der Waals surface area (Å²) in [5, 5.41) is 3.33. The number of nitrogens with two attached hydrogens (primary N) is 1. The van der Waals surface area contributed by atoms with Crippen LogP contribution in [0.4, 0.5) is 0 Å². The largest absolute Gasteiger partial charge is 0.422 e. The van der Waals surface area contributed by atoms with Gasteiger partial charge in [0.25, 0.3) is 5.91 Å². The van der Waals surface area contributed by atoms with Crippen molar-refractivity contribution in [1.29, 1.82) is 0 Å². The molecule has 108 valence electrons. The molecule has 2 rings (SSSR count). The smallest absolute Gasteiger partial charge is 0.349 e. The van der Waals surface area contributed by atoms with Gasteiger partial charge in [-0.25, -0.2) is 4.79 Å². The topological polar surface area (TPSA) is 85.3 Å². The van der Waals surface area contributed by atoms with Gasteiger partial charge in [-0.05, 0) is 26.0 Å². The highest BCUT2D eigenvalue weighted by molar-refractivity contribution is 5.96. The summed E-state index contributed by atoms with van der Waals surface area (Å²) in [4.78, 5) is 23.7. The molecule has 1 amide bonds. The van der Waals surface area contributed by atoms with Gasteiger partial charge in [-0.1, -0.05) is 18.2 Å². The van der Waals surface area contributed by atoms with Gasteiger partial charge in [0.15, 0.2) is 0 Å². The maximum atomic E-state index is 11.9. The average Bonchev–Trinajstić information content (AvgIpc) is 2.34. The van der Waals surface area contributed by atoms with Crippen molar-refractivity contribution in [3.8, 4) is 0 Å². The Labute approximate surface area is 122 Å². The predicted molar refractivity (Wildman–Crippen MR) is 80.3 cm³/mol. The lowest BCUT2D eigenvalue weighted by Crippen LogP contribution is -2.45. The van der Waals surface area contributed by atoms with Crippen LogP contribution in [-0.2, 0) is 0 Å². The maximum Gasteiger partial charge on any atom is 0.349 e. The molecule has 0 spiro atoms. The van der Waals surface area contributed by atoms with E-state index in [0.717, 1.165) is 0 Å². The summed E-state index contributed by atoms with van der Waals surface area (Å²) in [6.45, 7) is 3.85. The standard InChI is InChI=1S/C14H16N2O3.ClH/c1-14(2,15)8-16-12(17)10-7-9-5-3-4-6-11(9)19-13(10)18;/h3-7H,8,15H2,1-2H3,(H,16,17);1H. The van der Waals surface area contributed by atoms with Crippen molar-refractivity contribution in [2.45, 2.75) is 19.4 Å². The van der Waals surface area contributed by atoms with Crippen LogP contribution in [0, 0.1) is 0 Å². The van der Waals surface area contributed by atoms with E-state index in [1.165, 1.54) is 6.07 Å². The first-order valence-corrected chi connectivity index (χ1v) is 5.97. The summed E-state index contributed by atoms with van der Waals surface area (Å²) in [5.74, 6) is -0.474. The Bertz CT molecular complexity index is 674. The lowest BCUT2D eigenvalue weighted by atomic mass is 10.1. The molecule has 0 saturated carbocycles. The number of para-hydroxylation sites is 1. The number of carbonyl (C=O) groups excluding carboxylic acids is 1. The second kappa shape index (κ2) is 6.07. The molecule has 3 N–H and O–H groups in total. The number of carbonyl (C=O) groups is 1. The first kappa shape index (κ1) is 16.2. The van der Waals surface area contributed by atoms with Crippen molar-refractivity contribution in [3.05, 3.63) is 46.3 Å². The molecular weight excluding hydrogens is 280 g/mol. The number of hydrogen-bond donors (Lipinski definition) is 2.